The van der Waals surface area contributed by atoms with Crippen LogP contribution >= 0.6 is 0 Å². The predicted octanol–water partition coefficient (Wildman–Crippen LogP) is 5.29. The molecular formula is C20H39NO3. The van der Waals surface area contributed by atoms with E-state index in [-0.39, 0.29) is 23.7 Å². The molecule has 0 rings (SSSR count). The number of nitrogens with two attached hydrogens (primary N) is 1. The highest BCUT2D eigenvalue weighted by molar-refractivity contribution is 5.76. The maximum atomic E-state index is 11.6. The molecule has 0 saturated carbocycles. The Morgan fingerprint density at radius 3 is 1.92 bits per heavy atom. The molecule has 4 nitrogen and oxygen atoms in total. The summed E-state index contributed by atoms with van der Waals surface area (Å²) < 4.78 is 0. The Balaban J connectivity index is 3.85. The highest BCUT2D eigenvalue weighted by Crippen LogP contribution is 2.28. The molecule has 1 amide bonds. The smallest absolute Gasteiger partial charge is 0.303 e. The quantitative estimate of drug-likeness (QED) is 0.374. The lowest BCUT2D eigenvalue weighted by Gasteiger charge is -2.22. The van der Waals surface area contributed by atoms with E-state index in [4.69, 9.17) is 10.8 Å². The first-order chi connectivity index (χ1) is 11.3. The van der Waals surface area contributed by atoms with Crippen molar-refractivity contribution in [2.75, 3.05) is 0 Å². The summed E-state index contributed by atoms with van der Waals surface area (Å²) in [6.07, 6.45) is 13.5. The minimum absolute atomic E-state index is 0.0109. The predicted molar refractivity (Wildman–Crippen MR) is 99.8 cm³/mol. The van der Waals surface area contributed by atoms with Gasteiger partial charge in [0, 0.05) is 5.92 Å². The van der Waals surface area contributed by atoms with Gasteiger partial charge in [0.1, 0.15) is 0 Å². The molecule has 0 heterocycles. The Hall–Kier alpha value is -1.06. The second-order valence-electron chi connectivity index (χ2n) is 7.99. The number of hydrogen-bond donors (Lipinski definition) is 2. The molecule has 0 aliphatic carbocycles. The van der Waals surface area contributed by atoms with Crippen LogP contribution in [0.4, 0.5) is 0 Å². The van der Waals surface area contributed by atoms with Crippen LogP contribution in [0, 0.1) is 11.3 Å². The molecule has 1 atom stereocenters. The zero-order chi connectivity index (χ0) is 18.4. The Bertz CT molecular complexity index is 353. The first-order valence-corrected chi connectivity index (χ1v) is 9.79. The summed E-state index contributed by atoms with van der Waals surface area (Å²) >= 11 is 0. The van der Waals surface area contributed by atoms with E-state index in [0.717, 1.165) is 38.5 Å². The fraction of sp³-hybridized carbons (Fsp3) is 0.900. The van der Waals surface area contributed by atoms with Gasteiger partial charge < -0.3 is 10.8 Å². The lowest BCUT2D eigenvalue weighted by atomic mass is 9.83. The highest BCUT2D eigenvalue weighted by Gasteiger charge is 2.21. The number of amides is 1. The van der Waals surface area contributed by atoms with Crippen LogP contribution in [0.1, 0.15) is 104 Å². The Labute approximate surface area is 148 Å². The fourth-order valence-electron chi connectivity index (χ4n) is 3.27. The minimum atomic E-state index is -0.742. The van der Waals surface area contributed by atoms with E-state index < -0.39 is 5.97 Å². The molecule has 0 aromatic rings. The summed E-state index contributed by atoms with van der Waals surface area (Å²) in [7, 11) is 0. The Morgan fingerprint density at radius 1 is 0.917 bits per heavy atom. The number of rotatable bonds is 16. The van der Waals surface area contributed by atoms with E-state index in [1.807, 2.05) is 13.8 Å². The van der Waals surface area contributed by atoms with E-state index in [0.29, 0.717) is 0 Å². The van der Waals surface area contributed by atoms with Crippen LogP contribution in [0.3, 0.4) is 0 Å². The van der Waals surface area contributed by atoms with Crippen molar-refractivity contribution >= 4 is 11.9 Å². The number of hydrogen-bond acceptors (Lipinski definition) is 2. The fourth-order valence-corrected chi connectivity index (χ4v) is 3.27. The van der Waals surface area contributed by atoms with E-state index in [2.05, 4.69) is 6.92 Å². The number of primary amides is 1. The Kier molecular flexibility index (Phi) is 12.7. The summed E-state index contributed by atoms with van der Waals surface area (Å²) in [6, 6.07) is 0. The van der Waals surface area contributed by atoms with Crippen LogP contribution in [-0.4, -0.2) is 17.0 Å². The molecule has 0 bridgehead atoms. The first-order valence-electron chi connectivity index (χ1n) is 9.79. The second-order valence-corrected chi connectivity index (χ2v) is 7.99. The van der Waals surface area contributed by atoms with Crippen molar-refractivity contribution in [2.45, 2.75) is 104 Å². The summed E-state index contributed by atoms with van der Waals surface area (Å²) in [6.45, 7) is 6.21. The molecule has 24 heavy (non-hydrogen) atoms. The van der Waals surface area contributed by atoms with Crippen LogP contribution in [0.25, 0.3) is 0 Å². The van der Waals surface area contributed by atoms with Gasteiger partial charge in [0.25, 0.3) is 0 Å². The van der Waals surface area contributed by atoms with Gasteiger partial charge in [-0.3, -0.25) is 9.59 Å². The number of unbranched alkanes of at least 4 members (excludes halogenated alkanes) is 7. The molecule has 0 saturated heterocycles. The molecule has 0 spiro atoms. The highest BCUT2D eigenvalue weighted by atomic mass is 16.4. The SMILES string of the molecule is CCCCCCCCCC(CCCCC(C)(C)CC(=O)O)C(N)=O. The zero-order valence-electron chi connectivity index (χ0n) is 16.1. The molecule has 0 radical (unpaired) electrons. The molecule has 0 aromatic heterocycles. The summed E-state index contributed by atoms with van der Waals surface area (Å²) in [5.74, 6) is -0.928. The molecule has 142 valence electrons. The van der Waals surface area contributed by atoms with E-state index >= 15 is 0 Å². The van der Waals surface area contributed by atoms with Crippen LogP contribution in [0.2, 0.25) is 0 Å². The standard InChI is InChI=1S/C20H39NO3/c1-4-5-6-7-8-9-10-13-17(19(21)24)14-11-12-15-20(2,3)16-18(22)23/h17H,4-16H2,1-3H3,(H2,21,24)(H,22,23). The first kappa shape index (κ1) is 22.9. The average Bonchev–Trinajstić information content (AvgIpc) is 2.46. The zero-order valence-corrected chi connectivity index (χ0v) is 16.1. The third kappa shape index (κ3) is 13.4. The molecule has 0 aromatic carbocycles. The van der Waals surface area contributed by atoms with Crippen molar-refractivity contribution < 1.29 is 14.7 Å². The molecule has 1 unspecified atom stereocenters. The number of carbonyl (C=O) groups is 2. The topological polar surface area (TPSA) is 80.4 Å². The van der Waals surface area contributed by atoms with Crippen molar-refractivity contribution in [2.24, 2.45) is 17.1 Å². The van der Waals surface area contributed by atoms with Gasteiger partial charge in [0.05, 0.1) is 6.42 Å². The van der Waals surface area contributed by atoms with Gasteiger partial charge in [-0.25, -0.2) is 0 Å². The summed E-state index contributed by atoms with van der Waals surface area (Å²) in [5, 5.41) is 8.89. The van der Waals surface area contributed by atoms with Gasteiger partial charge in [0.2, 0.25) is 5.91 Å². The van der Waals surface area contributed by atoms with Crippen molar-refractivity contribution in [1.82, 2.24) is 0 Å². The largest absolute Gasteiger partial charge is 0.481 e. The number of aliphatic carboxylic acids is 1. The third-order valence-electron chi connectivity index (χ3n) is 4.84. The maximum absolute atomic E-state index is 11.6. The van der Waals surface area contributed by atoms with Gasteiger partial charge in [-0.15, -0.1) is 0 Å². The van der Waals surface area contributed by atoms with Gasteiger partial charge in [-0.05, 0) is 24.7 Å². The summed E-state index contributed by atoms with van der Waals surface area (Å²) in [5.41, 5.74) is 5.36. The molecule has 3 N–H and O–H groups in total. The van der Waals surface area contributed by atoms with Gasteiger partial charge in [-0.1, -0.05) is 78.6 Å². The van der Waals surface area contributed by atoms with Crippen molar-refractivity contribution in [3.63, 3.8) is 0 Å². The molecular weight excluding hydrogens is 302 g/mol. The lowest BCUT2D eigenvalue weighted by molar-refractivity contribution is -0.139. The van der Waals surface area contributed by atoms with Crippen molar-refractivity contribution in [3.8, 4) is 0 Å². The van der Waals surface area contributed by atoms with E-state index in [1.54, 1.807) is 0 Å². The second kappa shape index (κ2) is 13.3. The van der Waals surface area contributed by atoms with Crippen molar-refractivity contribution in [3.05, 3.63) is 0 Å². The Morgan fingerprint density at radius 2 is 1.42 bits per heavy atom. The normalized spacial score (nSPS) is 13.0. The van der Waals surface area contributed by atoms with Gasteiger partial charge in [-0.2, -0.15) is 0 Å². The van der Waals surface area contributed by atoms with Crippen LogP contribution < -0.4 is 5.73 Å². The van der Waals surface area contributed by atoms with E-state index in [9.17, 15) is 9.59 Å². The van der Waals surface area contributed by atoms with Gasteiger partial charge in [0.15, 0.2) is 0 Å². The minimum Gasteiger partial charge on any atom is -0.481 e. The summed E-state index contributed by atoms with van der Waals surface area (Å²) in [4.78, 5) is 22.4. The van der Waals surface area contributed by atoms with Crippen LogP contribution in [0.5, 0.6) is 0 Å². The van der Waals surface area contributed by atoms with Gasteiger partial charge >= 0.3 is 5.97 Å². The maximum Gasteiger partial charge on any atom is 0.303 e. The molecule has 0 fully saturated rings. The van der Waals surface area contributed by atoms with Crippen molar-refractivity contribution in [1.29, 1.82) is 0 Å². The monoisotopic (exact) mass is 341 g/mol. The van der Waals surface area contributed by atoms with Crippen LogP contribution in [0.15, 0.2) is 0 Å². The lowest BCUT2D eigenvalue weighted by Crippen LogP contribution is -2.23. The number of carboxylic acids is 1. The number of carboxylic acid groups (broad SMARTS) is 1. The van der Waals surface area contributed by atoms with Crippen LogP contribution in [-0.2, 0) is 9.59 Å². The van der Waals surface area contributed by atoms with E-state index in [1.165, 1.54) is 38.5 Å². The average molecular weight is 342 g/mol. The third-order valence-corrected chi connectivity index (χ3v) is 4.84. The molecule has 4 heteroatoms. The molecule has 0 aliphatic heterocycles. The number of carbonyl (C=O) groups excluding carboxylic acids is 1. The molecule has 0 aliphatic rings.